The zero-order chi connectivity index (χ0) is 26.5. The molecule has 0 fully saturated rings. The number of halogens is 3. The number of nitrogens with one attached hydrogen (secondary N) is 1. The van der Waals surface area contributed by atoms with Gasteiger partial charge < -0.3 is 14.6 Å². The molecule has 0 saturated carbocycles. The van der Waals surface area contributed by atoms with Crippen molar-refractivity contribution in [1.29, 1.82) is 0 Å². The number of alkyl halides is 3. The van der Waals surface area contributed by atoms with Crippen molar-refractivity contribution >= 4 is 5.82 Å². The van der Waals surface area contributed by atoms with Crippen molar-refractivity contribution in [3.63, 3.8) is 0 Å². The van der Waals surface area contributed by atoms with Gasteiger partial charge in [-0.05, 0) is 61.4 Å². The van der Waals surface area contributed by atoms with E-state index in [9.17, 15) is 13.2 Å². The minimum absolute atomic E-state index is 0.196. The minimum Gasteiger partial charge on any atom is -0.406 e. The van der Waals surface area contributed by atoms with Gasteiger partial charge in [0.2, 0.25) is 5.82 Å². The Kier molecular flexibility index (Phi) is 7.02. The van der Waals surface area contributed by atoms with Crippen LogP contribution in [0.25, 0.3) is 23.0 Å². The van der Waals surface area contributed by atoms with Crippen molar-refractivity contribution in [3.05, 3.63) is 72.6 Å². The van der Waals surface area contributed by atoms with Gasteiger partial charge in [-0.3, -0.25) is 9.36 Å². The average Bonchev–Trinajstić information content (AvgIpc) is 3.64. The topological polar surface area (TPSA) is 122 Å². The Morgan fingerprint density at radius 3 is 2.71 bits per heavy atom. The van der Waals surface area contributed by atoms with E-state index in [0.717, 1.165) is 36.6 Å². The van der Waals surface area contributed by atoms with Crippen LogP contribution in [-0.4, -0.2) is 52.6 Å². The molecular weight excluding hydrogens is 503 g/mol. The van der Waals surface area contributed by atoms with Crippen LogP contribution in [0.15, 0.2) is 65.8 Å². The summed E-state index contributed by atoms with van der Waals surface area (Å²) in [6.45, 7) is 3.91. The predicted octanol–water partition coefficient (Wildman–Crippen LogP) is 4.34. The van der Waals surface area contributed by atoms with E-state index in [1.54, 1.807) is 17.2 Å². The van der Waals surface area contributed by atoms with E-state index in [-0.39, 0.29) is 17.5 Å². The van der Waals surface area contributed by atoms with Gasteiger partial charge in [0.1, 0.15) is 24.2 Å². The molecule has 0 aliphatic heterocycles. The summed E-state index contributed by atoms with van der Waals surface area (Å²) in [7, 11) is 0. The van der Waals surface area contributed by atoms with Crippen LogP contribution in [0.5, 0.6) is 5.75 Å². The third kappa shape index (κ3) is 6.32. The normalized spacial score (nSPS) is 11.6. The van der Waals surface area contributed by atoms with E-state index in [0.29, 0.717) is 17.8 Å². The first-order chi connectivity index (χ1) is 18.3. The van der Waals surface area contributed by atoms with E-state index >= 15 is 0 Å². The van der Waals surface area contributed by atoms with Gasteiger partial charge in [0, 0.05) is 30.5 Å². The minimum atomic E-state index is -4.76. The molecule has 11 nitrogen and oxygen atoms in total. The van der Waals surface area contributed by atoms with E-state index < -0.39 is 6.36 Å². The molecule has 4 aromatic heterocycles. The summed E-state index contributed by atoms with van der Waals surface area (Å²) in [5, 5.41) is 15.9. The van der Waals surface area contributed by atoms with Crippen LogP contribution >= 0.6 is 0 Å². The molecule has 1 N–H and O–H groups in total. The van der Waals surface area contributed by atoms with E-state index in [2.05, 4.69) is 40.4 Å². The molecule has 0 aliphatic carbocycles. The molecular formula is C24H22F3N9O2. The standard InChI is InChI=1S/C24H22F3N9O2/c1-16-11-20(23-32-22(34-38-23)18-3-5-19(6-4-18)37-24(25,26)27)33-36(16)13-17-7-9-30-21(12-17)29-8-2-10-35-15-28-14-31-35/h3-7,9,11-12,14-15H,2,8,10,13H2,1H3,(H,29,30). The fourth-order valence-electron chi connectivity index (χ4n) is 3.67. The lowest BCUT2D eigenvalue weighted by Crippen LogP contribution is -2.16. The van der Waals surface area contributed by atoms with Gasteiger partial charge in [-0.25, -0.2) is 9.97 Å². The largest absolute Gasteiger partial charge is 0.573 e. The fraction of sp³-hybridized carbons (Fsp3) is 0.250. The van der Waals surface area contributed by atoms with E-state index in [4.69, 9.17) is 4.52 Å². The van der Waals surface area contributed by atoms with Crippen molar-refractivity contribution < 1.29 is 22.4 Å². The van der Waals surface area contributed by atoms with Crippen molar-refractivity contribution in [2.75, 3.05) is 11.9 Å². The summed E-state index contributed by atoms with van der Waals surface area (Å²) in [4.78, 5) is 12.6. The number of ether oxygens (including phenoxy) is 1. The first kappa shape index (κ1) is 24.9. The van der Waals surface area contributed by atoms with Crippen LogP contribution < -0.4 is 10.1 Å². The summed E-state index contributed by atoms with van der Waals surface area (Å²) in [5.74, 6) is 0.848. The smallest absolute Gasteiger partial charge is 0.406 e. The second-order valence-corrected chi connectivity index (χ2v) is 8.31. The first-order valence-corrected chi connectivity index (χ1v) is 11.6. The average molecular weight is 525 g/mol. The Morgan fingerprint density at radius 2 is 1.95 bits per heavy atom. The van der Waals surface area contributed by atoms with E-state index in [1.807, 2.05) is 29.8 Å². The number of benzene rings is 1. The van der Waals surface area contributed by atoms with E-state index in [1.165, 1.54) is 30.6 Å². The number of rotatable bonds is 10. The molecule has 1 aromatic carbocycles. The van der Waals surface area contributed by atoms with Gasteiger partial charge in [0.25, 0.3) is 5.89 Å². The number of aryl methyl sites for hydroxylation is 2. The SMILES string of the molecule is Cc1cc(-c2nc(-c3ccc(OC(F)(F)F)cc3)no2)nn1Cc1ccnc(NCCCn2cncn2)c1. The summed E-state index contributed by atoms with van der Waals surface area (Å²) >= 11 is 0. The molecule has 5 aromatic rings. The van der Waals surface area contributed by atoms with Crippen molar-refractivity contribution in [3.8, 4) is 28.7 Å². The molecule has 196 valence electrons. The van der Waals surface area contributed by atoms with Crippen LogP contribution in [0.3, 0.4) is 0 Å². The van der Waals surface area contributed by atoms with Gasteiger partial charge in [-0.1, -0.05) is 5.16 Å². The summed E-state index contributed by atoms with van der Waals surface area (Å²) < 4.78 is 50.0. The van der Waals surface area contributed by atoms with Gasteiger partial charge in [-0.2, -0.15) is 15.2 Å². The Labute approximate surface area is 214 Å². The highest BCUT2D eigenvalue weighted by Gasteiger charge is 2.31. The summed E-state index contributed by atoms with van der Waals surface area (Å²) in [6.07, 6.45) is 1.05. The zero-order valence-electron chi connectivity index (χ0n) is 20.1. The Morgan fingerprint density at radius 1 is 1.11 bits per heavy atom. The fourth-order valence-corrected chi connectivity index (χ4v) is 3.67. The molecule has 0 radical (unpaired) electrons. The molecule has 0 saturated heterocycles. The number of hydrogen-bond donors (Lipinski definition) is 1. The predicted molar refractivity (Wildman–Crippen MR) is 129 cm³/mol. The molecule has 38 heavy (non-hydrogen) atoms. The molecule has 0 atom stereocenters. The number of anilines is 1. The Hall–Kier alpha value is -4.75. The van der Waals surface area contributed by atoms with Gasteiger partial charge >= 0.3 is 6.36 Å². The monoisotopic (exact) mass is 525 g/mol. The summed E-state index contributed by atoms with van der Waals surface area (Å²) in [6, 6.07) is 10.9. The van der Waals surface area contributed by atoms with Gasteiger partial charge in [-0.15, -0.1) is 13.2 Å². The van der Waals surface area contributed by atoms with Crippen LogP contribution in [0, 0.1) is 6.92 Å². The molecule has 14 heteroatoms. The third-order valence-electron chi connectivity index (χ3n) is 5.47. The molecule has 0 spiro atoms. The van der Waals surface area contributed by atoms with Crippen LogP contribution in [0.2, 0.25) is 0 Å². The van der Waals surface area contributed by atoms with Crippen LogP contribution in [-0.2, 0) is 13.1 Å². The second-order valence-electron chi connectivity index (χ2n) is 8.31. The summed E-state index contributed by atoms with van der Waals surface area (Å²) in [5.41, 5.74) is 2.85. The highest BCUT2D eigenvalue weighted by Crippen LogP contribution is 2.27. The quantitative estimate of drug-likeness (QED) is 0.265. The molecule has 5 rings (SSSR count). The maximum Gasteiger partial charge on any atom is 0.573 e. The maximum atomic E-state index is 12.4. The third-order valence-corrected chi connectivity index (χ3v) is 5.47. The second kappa shape index (κ2) is 10.7. The van der Waals surface area contributed by atoms with Crippen LogP contribution in [0.1, 0.15) is 17.7 Å². The molecule has 4 heterocycles. The molecule has 0 unspecified atom stereocenters. The lowest BCUT2D eigenvalue weighted by Gasteiger charge is -2.08. The lowest BCUT2D eigenvalue weighted by atomic mass is 10.2. The number of hydrogen-bond acceptors (Lipinski definition) is 9. The molecule has 0 aliphatic rings. The maximum absolute atomic E-state index is 12.4. The molecule has 0 amide bonds. The first-order valence-electron chi connectivity index (χ1n) is 11.6. The number of pyridine rings is 1. The Balaban J connectivity index is 1.21. The van der Waals surface area contributed by atoms with Gasteiger partial charge in [0.15, 0.2) is 5.69 Å². The van der Waals surface area contributed by atoms with Crippen molar-refractivity contribution in [2.24, 2.45) is 0 Å². The Bertz CT molecular complexity index is 1480. The lowest BCUT2D eigenvalue weighted by molar-refractivity contribution is -0.274. The van der Waals surface area contributed by atoms with Gasteiger partial charge in [0.05, 0.1) is 6.54 Å². The highest BCUT2D eigenvalue weighted by atomic mass is 19.4. The zero-order valence-corrected chi connectivity index (χ0v) is 20.1. The van der Waals surface area contributed by atoms with Crippen molar-refractivity contribution in [1.82, 2.24) is 39.7 Å². The number of aromatic nitrogens is 8. The molecule has 0 bridgehead atoms. The van der Waals surface area contributed by atoms with Crippen molar-refractivity contribution in [2.45, 2.75) is 32.8 Å². The van der Waals surface area contributed by atoms with Crippen LogP contribution in [0.4, 0.5) is 19.0 Å². The highest BCUT2D eigenvalue weighted by molar-refractivity contribution is 5.59. The number of nitrogens with zero attached hydrogens (tertiary/aromatic N) is 8.